The van der Waals surface area contributed by atoms with Gasteiger partial charge in [0.25, 0.3) is 0 Å². The molecule has 0 unspecified atom stereocenters. The molecule has 0 saturated carbocycles. The second-order valence-corrected chi connectivity index (χ2v) is 17.0. The number of ether oxygens (including phenoxy) is 8. The number of hydrogen-bond donors (Lipinski definition) is 0. The van der Waals surface area contributed by atoms with Gasteiger partial charge < -0.3 is 37.9 Å². The lowest BCUT2D eigenvalue weighted by Gasteiger charge is -2.08. The van der Waals surface area contributed by atoms with Crippen molar-refractivity contribution >= 4 is 0 Å². The molecule has 8 nitrogen and oxygen atoms in total. The Morgan fingerprint density at radius 2 is 0.278 bits per heavy atom. The van der Waals surface area contributed by atoms with Crippen LogP contribution >= 0.6 is 0 Å². The molecular formula is C71H64O8. The van der Waals surface area contributed by atoms with Crippen LogP contribution in [0.3, 0.4) is 0 Å². The predicted molar refractivity (Wildman–Crippen MR) is 321 cm³/mol. The average Bonchev–Trinajstić information content (AvgIpc) is 3.54. The van der Waals surface area contributed by atoms with Gasteiger partial charge in [0.2, 0.25) is 0 Å². The van der Waals surface area contributed by atoms with Gasteiger partial charge in [0, 0.05) is 0 Å². The van der Waals surface area contributed by atoms with Crippen LogP contribution in [0.1, 0.15) is 0 Å². The second-order valence-electron chi connectivity index (χ2n) is 17.0. The molecule has 0 atom stereocenters. The summed E-state index contributed by atoms with van der Waals surface area (Å²) >= 11 is 0. The van der Waals surface area contributed by atoms with Crippen molar-refractivity contribution in [2.75, 3.05) is 35.5 Å². The Hall–Kier alpha value is -10.2. The Bertz CT molecular complexity index is 3340. The van der Waals surface area contributed by atoms with Crippen LogP contribution in [0, 0.1) is 0 Å². The van der Waals surface area contributed by atoms with E-state index in [4.69, 9.17) is 37.9 Å². The summed E-state index contributed by atoms with van der Waals surface area (Å²) < 4.78 is 42.5. The lowest BCUT2D eigenvalue weighted by molar-refractivity contribution is 0.412. The van der Waals surface area contributed by atoms with E-state index in [9.17, 15) is 0 Å². The highest BCUT2D eigenvalue weighted by Gasteiger charge is 2.03. The van der Waals surface area contributed by atoms with Gasteiger partial charge in [-0.15, -0.1) is 0 Å². The molecule has 0 aliphatic carbocycles. The minimum absolute atomic E-state index is 0.755. The van der Waals surface area contributed by atoms with E-state index in [0.29, 0.717) is 0 Å². The van der Waals surface area contributed by atoms with Crippen LogP contribution in [0.5, 0.6) is 63.2 Å². The van der Waals surface area contributed by atoms with Crippen molar-refractivity contribution < 1.29 is 37.9 Å². The fraction of sp³-hybridized carbons (Fsp3) is 0.0704. The third-order valence-corrected chi connectivity index (χ3v) is 11.7. The zero-order chi connectivity index (χ0) is 55.1. The number of rotatable bonds is 14. The molecule has 0 aromatic heterocycles. The molecule has 0 aliphatic heterocycles. The first kappa shape index (κ1) is 56.5. The first-order valence-electron chi connectivity index (χ1n) is 25.5. The van der Waals surface area contributed by atoms with Crippen molar-refractivity contribution in [1.29, 1.82) is 0 Å². The summed E-state index contributed by atoms with van der Waals surface area (Å²) in [6, 6.07) is 97.1. The SMILES string of the molecule is COc1ccc(-c2ccc(-c3ccccc3)cc2)cc1.COc1ccc(-c2ccccc2)cc1.COc1ccc(Oc2ccc(Oc3ccccc3)cc2)cc1.COc1ccc(Oc2ccccc2)cc1.COc1ccccc1. The van der Waals surface area contributed by atoms with Gasteiger partial charge in [-0.1, -0.05) is 164 Å². The Labute approximate surface area is 465 Å². The van der Waals surface area contributed by atoms with Crippen molar-refractivity contribution in [3.05, 3.63) is 297 Å². The quantitative estimate of drug-likeness (QED) is 0.107. The molecule has 11 aromatic rings. The minimum Gasteiger partial charge on any atom is -0.497 e. The summed E-state index contributed by atoms with van der Waals surface area (Å²) in [7, 11) is 8.31. The Morgan fingerprint density at radius 1 is 0.139 bits per heavy atom. The molecule has 0 aliphatic rings. The summed E-state index contributed by atoms with van der Waals surface area (Å²) in [5.41, 5.74) is 7.34. The molecule has 0 saturated heterocycles. The maximum atomic E-state index is 5.77. The van der Waals surface area contributed by atoms with Gasteiger partial charge in [-0.25, -0.2) is 0 Å². The molecule has 0 amide bonds. The summed E-state index contributed by atoms with van der Waals surface area (Å²) in [5.74, 6) is 9.06. The van der Waals surface area contributed by atoms with Crippen LogP contribution in [-0.2, 0) is 0 Å². The van der Waals surface area contributed by atoms with Gasteiger partial charge in [-0.3, -0.25) is 0 Å². The van der Waals surface area contributed by atoms with Crippen molar-refractivity contribution in [2.24, 2.45) is 0 Å². The first-order chi connectivity index (χ1) is 38.9. The Balaban J connectivity index is 0.000000147. The topological polar surface area (TPSA) is 73.8 Å². The van der Waals surface area contributed by atoms with Gasteiger partial charge in [-0.2, -0.15) is 0 Å². The zero-order valence-corrected chi connectivity index (χ0v) is 45.1. The van der Waals surface area contributed by atoms with Crippen LogP contribution in [0.2, 0.25) is 0 Å². The van der Waals surface area contributed by atoms with Crippen LogP contribution in [0.4, 0.5) is 0 Å². The normalized spacial score (nSPS) is 9.84. The van der Waals surface area contributed by atoms with E-state index >= 15 is 0 Å². The fourth-order valence-corrected chi connectivity index (χ4v) is 7.49. The van der Waals surface area contributed by atoms with Gasteiger partial charge in [0.15, 0.2) is 0 Å². The van der Waals surface area contributed by atoms with Crippen LogP contribution in [0.25, 0.3) is 33.4 Å². The molecule has 79 heavy (non-hydrogen) atoms. The molecule has 11 rings (SSSR count). The molecule has 0 heterocycles. The van der Waals surface area contributed by atoms with Gasteiger partial charge in [-0.05, 0) is 167 Å². The molecule has 0 radical (unpaired) electrons. The van der Waals surface area contributed by atoms with Gasteiger partial charge in [0.1, 0.15) is 63.2 Å². The number of para-hydroxylation sites is 3. The average molecular weight is 1050 g/mol. The summed E-state index contributed by atoms with van der Waals surface area (Å²) in [5, 5.41) is 0. The van der Waals surface area contributed by atoms with E-state index in [0.717, 1.165) is 63.2 Å². The molecule has 396 valence electrons. The Morgan fingerprint density at radius 3 is 0.494 bits per heavy atom. The second kappa shape index (κ2) is 31.6. The lowest BCUT2D eigenvalue weighted by atomic mass is 10.0. The molecule has 8 heteroatoms. The van der Waals surface area contributed by atoms with E-state index in [1.54, 1.807) is 35.5 Å². The van der Waals surface area contributed by atoms with E-state index in [-0.39, 0.29) is 0 Å². The van der Waals surface area contributed by atoms with Crippen molar-refractivity contribution in [3.63, 3.8) is 0 Å². The highest BCUT2D eigenvalue weighted by molar-refractivity contribution is 5.71. The van der Waals surface area contributed by atoms with Crippen LogP contribution < -0.4 is 37.9 Å². The fourth-order valence-electron chi connectivity index (χ4n) is 7.49. The summed E-state index contributed by atoms with van der Waals surface area (Å²) in [6.07, 6.45) is 0. The molecule has 0 spiro atoms. The highest BCUT2D eigenvalue weighted by Crippen LogP contribution is 2.30. The smallest absolute Gasteiger partial charge is 0.127 e. The van der Waals surface area contributed by atoms with Crippen molar-refractivity contribution in [3.8, 4) is 96.6 Å². The largest absolute Gasteiger partial charge is 0.497 e. The first-order valence-corrected chi connectivity index (χ1v) is 25.5. The van der Waals surface area contributed by atoms with E-state index < -0.39 is 0 Å². The zero-order valence-electron chi connectivity index (χ0n) is 45.1. The Kier molecular flexibility index (Phi) is 22.7. The maximum absolute atomic E-state index is 5.77. The van der Waals surface area contributed by atoms with Crippen molar-refractivity contribution in [2.45, 2.75) is 0 Å². The summed E-state index contributed by atoms with van der Waals surface area (Å²) in [6.45, 7) is 0. The van der Waals surface area contributed by atoms with Crippen LogP contribution in [-0.4, -0.2) is 35.5 Å². The minimum atomic E-state index is 0.755. The molecule has 0 fully saturated rings. The van der Waals surface area contributed by atoms with Crippen LogP contribution in [0.15, 0.2) is 297 Å². The van der Waals surface area contributed by atoms with Crippen molar-refractivity contribution in [1.82, 2.24) is 0 Å². The van der Waals surface area contributed by atoms with Gasteiger partial charge >= 0.3 is 0 Å². The predicted octanol–water partition coefficient (Wildman–Crippen LogP) is 18.9. The third kappa shape index (κ3) is 19.2. The molecule has 0 N–H and O–H groups in total. The maximum Gasteiger partial charge on any atom is 0.127 e. The van der Waals surface area contributed by atoms with E-state index in [2.05, 4.69) is 84.9 Å². The highest BCUT2D eigenvalue weighted by atomic mass is 16.5. The molecule has 11 aromatic carbocycles. The molecular weight excluding hydrogens is 981 g/mol. The van der Waals surface area contributed by atoms with E-state index in [1.807, 2.05) is 212 Å². The number of hydrogen-bond acceptors (Lipinski definition) is 8. The standard InChI is InChI=1S/C19H16O3.C19H16O.C13H12O2.C13H12O.C7H8O/c1-20-15-7-9-17(10-8-15)22-19-13-11-18(12-14-19)21-16-5-3-2-4-6-16;1-20-19-13-11-18(12-14-19)17-9-7-16(8-10-17)15-5-3-2-4-6-15;1-14-11-7-9-13(10-8-11)15-12-5-3-2-4-6-12;1-14-13-9-7-12(8-10-13)11-5-3-2-4-6-11;1-8-7-5-3-2-4-6-7/h2-14H,1H3;2-14H,1H3;2-10H,1H3;2-10H,1H3;2-6H,1H3. The van der Waals surface area contributed by atoms with E-state index in [1.165, 1.54) is 33.4 Å². The number of methoxy groups -OCH3 is 5. The van der Waals surface area contributed by atoms with Gasteiger partial charge in [0.05, 0.1) is 35.5 Å². The monoisotopic (exact) mass is 1040 g/mol. The molecule has 0 bridgehead atoms. The number of benzene rings is 11. The summed E-state index contributed by atoms with van der Waals surface area (Å²) in [4.78, 5) is 0. The third-order valence-electron chi connectivity index (χ3n) is 11.7. The lowest BCUT2D eigenvalue weighted by Crippen LogP contribution is -1.87.